The fraction of sp³-hybridized carbons (Fsp3) is 0.955. The van der Waals surface area contributed by atoms with Gasteiger partial charge in [0.15, 0.2) is 5.78 Å². The van der Waals surface area contributed by atoms with E-state index in [1.807, 2.05) is 34.6 Å². The van der Waals surface area contributed by atoms with Gasteiger partial charge in [-0.15, -0.1) is 0 Å². The quantitative estimate of drug-likeness (QED) is 0.220. The molecular weight excluding hydrogens is 399 g/mol. The van der Waals surface area contributed by atoms with Gasteiger partial charge in [0.2, 0.25) is 0 Å². The van der Waals surface area contributed by atoms with Crippen LogP contribution >= 0.6 is 0 Å². The highest BCUT2D eigenvalue weighted by Gasteiger charge is 2.28. The molecular formula is C22H44BN2O6-. The van der Waals surface area contributed by atoms with Gasteiger partial charge in [-0.25, -0.2) is 0 Å². The molecule has 0 aromatic carbocycles. The summed E-state index contributed by atoms with van der Waals surface area (Å²) in [4.78, 5) is 12.2. The Morgan fingerprint density at radius 2 is 1.61 bits per heavy atom. The number of ether oxygens (including phenoxy) is 4. The van der Waals surface area contributed by atoms with Crippen LogP contribution < -0.4 is 5.73 Å². The SMILES string of the molecule is [B]C(C)(C)COC(C)(C)CCOC(C)(C)N([O-])C(C)OCC(=O)C(C)OC(C)C(C)N. The number of hydrogen-bond donors (Lipinski definition) is 1. The van der Waals surface area contributed by atoms with Gasteiger partial charge in [0.25, 0.3) is 0 Å². The van der Waals surface area contributed by atoms with E-state index in [0.717, 1.165) is 0 Å². The summed E-state index contributed by atoms with van der Waals surface area (Å²) >= 11 is 0. The summed E-state index contributed by atoms with van der Waals surface area (Å²) in [5, 5.41) is 13.0. The summed E-state index contributed by atoms with van der Waals surface area (Å²) < 4.78 is 22.7. The molecule has 0 amide bonds. The third-order valence-corrected chi connectivity index (χ3v) is 4.93. The third-order valence-electron chi connectivity index (χ3n) is 4.93. The maximum absolute atomic E-state index is 12.7. The molecule has 0 spiro atoms. The van der Waals surface area contributed by atoms with Gasteiger partial charge < -0.3 is 35.0 Å². The minimum absolute atomic E-state index is 0.192. The summed E-state index contributed by atoms with van der Waals surface area (Å²) in [5.41, 5.74) is 4.17. The predicted octanol–water partition coefficient (Wildman–Crippen LogP) is 3.16. The van der Waals surface area contributed by atoms with E-state index in [1.165, 1.54) is 0 Å². The second kappa shape index (κ2) is 12.6. The number of hydrogen-bond acceptors (Lipinski definition) is 8. The number of carbonyl (C=O) groups is 1. The van der Waals surface area contributed by atoms with Crippen molar-refractivity contribution in [1.29, 1.82) is 0 Å². The van der Waals surface area contributed by atoms with Crippen molar-refractivity contribution >= 4 is 13.6 Å². The number of ketones is 1. The zero-order valence-corrected chi connectivity index (χ0v) is 21.2. The highest BCUT2D eigenvalue weighted by Crippen LogP contribution is 2.25. The Hall–Kier alpha value is -0.545. The molecule has 0 aromatic heterocycles. The molecule has 2 radical (unpaired) electrons. The first-order chi connectivity index (χ1) is 13.9. The van der Waals surface area contributed by atoms with Crippen LogP contribution in [0.5, 0.6) is 0 Å². The van der Waals surface area contributed by atoms with Crippen molar-refractivity contribution in [2.45, 2.75) is 117 Å². The number of Topliss-reactive ketones (excluding diaryl/α,β-unsaturated/α-hetero) is 1. The van der Waals surface area contributed by atoms with Crippen molar-refractivity contribution in [3.63, 3.8) is 0 Å². The number of hydroxylamine groups is 2. The molecule has 8 nitrogen and oxygen atoms in total. The molecule has 0 aliphatic heterocycles. The molecule has 0 saturated heterocycles. The Bertz CT molecular complexity index is 537. The molecule has 0 fully saturated rings. The molecule has 9 heteroatoms. The average molecular weight is 443 g/mol. The van der Waals surface area contributed by atoms with Gasteiger partial charge >= 0.3 is 0 Å². The number of nitrogens with zero attached hydrogens (tertiary/aromatic N) is 1. The molecule has 0 aromatic rings. The van der Waals surface area contributed by atoms with E-state index >= 15 is 0 Å². The summed E-state index contributed by atoms with van der Waals surface area (Å²) in [5.74, 6) is -0.256. The minimum atomic E-state index is -1.14. The Labute approximate surface area is 190 Å². The second-order valence-corrected chi connectivity index (χ2v) is 10.1. The Morgan fingerprint density at radius 1 is 1.06 bits per heavy atom. The number of rotatable bonds is 16. The highest BCUT2D eigenvalue weighted by molar-refractivity contribution is 6.14. The van der Waals surface area contributed by atoms with Crippen LogP contribution in [0.25, 0.3) is 0 Å². The lowest BCUT2D eigenvalue weighted by molar-refractivity contribution is -0.185. The smallest absolute Gasteiger partial charge is 0.186 e. The monoisotopic (exact) mass is 443 g/mol. The molecule has 4 unspecified atom stereocenters. The van der Waals surface area contributed by atoms with E-state index in [9.17, 15) is 10.0 Å². The molecule has 0 rings (SSSR count). The van der Waals surface area contributed by atoms with Crippen LogP contribution in [0.4, 0.5) is 0 Å². The molecule has 0 bridgehead atoms. The van der Waals surface area contributed by atoms with Crippen molar-refractivity contribution in [3.05, 3.63) is 5.21 Å². The topological polar surface area (TPSA) is 106 Å². The fourth-order valence-corrected chi connectivity index (χ4v) is 2.41. The van der Waals surface area contributed by atoms with Gasteiger partial charge in [0, 0.05) is 12.6 Å². The number of carbonyl (C=O) groups excluding carboxylic acids is 1. The molecule has 2 N–H and O–H groups in total. The zero-order valence-electron chi connectivity index (χ0n) is 21.2. The summed E-state index contributed by atoms with van der Waals surface area (Å²) in [7, 11) is 5.96. The molecule has 0 aliphatic carbocycles. The van der Waals surface area contributed by atoms with Gasteiger partial charge in [0.05, 0.1) is 32.4 Å². The van der Waals surface area contributed by atoms with Crippen LogP contribution in [0.3, 0.4) is 0 Å². The van der Waals surface area contributed by atoms with Crippen LogP contribution in [0.15, 0.2) is 0 Å². The van der Waals surface area contributed by atoms with E-state index in [1.54, 1.807) is 34.6 Å². The summed E-state index contributed by atoms with van der Waals surface area (Å²) in [6, 6.07) is -0.192. The molecule has 0 aliphatic rings. The van der Waals surface area contributed by atoms with Gasteiger partial charge in [-0.3, -0.25) is 4.79 Å². The minimum Gasteiger partial charge on any atom is -0.781 e. The number of nitrogens with two attached hydrogens (primary N) is 1. The van der Waals surface area contributed by atoms with Gasteiger partial charge in [-0.1, -0.05) is 13.8 Å². The van der Waals surface area contributed by atoms with Crippen LogP contribution in [-0.4, -0.2) is 74.3 Å². The molecule has 31 heavy (non-hydrogen) atoms. The maximum Gasteiger partial charge on any atom is 0.186 e. The Kier molecular flexibility index (Phi) is 12.4. The van der Waals surface area contributed by atoms with Crippen molar-refractivity contribution in [2.24, 2.45) is 5.73 Å². The van der Waals surface area contributed by atoms with Gasteiger partial charge in [0.1, 0.15) is 18.4 Å². The van der Waals surface area contributed by atoms with E-state index < -0.39 is 29.0 Å². The fourth-order valence-electron chi connectivity index (χ4n) is 2.41. The van der Waals surface area contributed by atoms with E-state index in [4.69, 9.17) is 32.5 Å². The standard InChI is InChI=1S/C22H44BN2O6/c1-15(24)16(2)31-17(3)19(26)13-28-18(4)25(27)22(9,10)29-12-11-21(7,8)30-14-20(5,6)23/h15-18H,11-14,24H2,1-10H3/q-1. The molecule has 0 heterocycles. The average Bonchev–Trinajstić information content (AvgIpc) is 2.62. The lowest BCUT2D eigenvalue weighted by Gasteiger charge is -2.47. The van der Waals surface area contributed by atoms with Crippen molar-refractivity contribution in [1.82, 2.24) is 5.06 Å². The second-order valence-electron chi connectivity index (χ2n) is 10.1. The van der Waals surface area contributed by atoms with E-state index in [-0.39, 0.29) is 24.5 Å². The first-order valence-corrected chi connectivity index (χ1v) is 11.0. The Balaban J connectivity index is 4.52. The molecule has 0 saturated carbocycles. The van der Waals surface area contributed by atoms with Crippen LogP contribution in [0, 0.1) is 5.21 Å². The summed E-state index contributed by atoms with van der Waals surface area (Å²) in [6.07, 6.45) is -1.22. The van der Waals surface area contributed by atoms with Crippen LogP contribution in [0.1, 0.15) is 75.7 Å². The zero-order chi connectivity index (χ0) is 24.6. The normalized spacial score (nSPS) is 17.5. The van der Waals surface area contributed by atoms with Crippen molar-refractivity contribution < 1.29 is 23.7 Å². The third kappa shape index (κ3) is 12.9. The van der Waals surface area contributed by atoms with E-state index in [0.29, 0.717) is 24.7 Å². The first kappa shape index (κ1) is 30.5. The first-order valence-electron chi connectivity index (χ1n) is 11.0. The predicted molar refractivity (Wildman–Crippen MR) is 124 cm³/mol. The highest BCUT2D eigenvalue weighted by atomic mass is 16.6. The largest absolute Gasteiger partial charge is 0.781 e. The van der Waals surface area contributed by atoms with Gasteiger partial charge in [-0.05, 0) is 67.1 Å². The lowest BCUT2D eigenvalue weighted by Crippen LogP contribution is -2.49. The van der Waals surface area contributed by atoms with E-state index in [2.05, 4.69) is 0 Å². The van der Waals surface area contributed by atoms with Gasteiger partial charge in [-0.2, -0.15) is 0 Å². The molecule has 182 valence electrons. The van der Waals surface area contributed by atoms with Crippen molar-refractivity contribution in [3.8, 4) is 0 Å². The van der Waals surface area contributed by atoms with Crippen LogP contribution in [0.2, 0.25) is 5.31 Å². The van der Waals surface area contributed by atoms with Crippen LogP contribution in [-0.2, 0) is 23.7 Å². The lowest BCUT2D eigenvalue weighted by atomic mass is 9.73. The maximum atomic E-state index is 12.7. The van der Waals surface area contributed by atoms with Crippen molar-refractivity contribution in [2.75, 3.05) is 19.8 Å². The summed E-state index contributed by atoms with van der Waals surface area (Å²) in [6.45, 7) is 18.4. The molecule has 4 atom stereocenters. The Morgan fingerprint density at radius 3 is 2.10 bits per heavy atom.